The number of piperidine rings is 1. The quantitative estimate of drug-likeness (QED) is 0.926. The van der Waals surface area contributed by atoms with Gasteiger partial charge >= 0.3 is 0 Å². The molecular formula is C17H20FN5S. The van der Waals surface area contributed by atoms with Crippen LogP contribution in [0.1, 0.15) is 18.4 Å². The number of nitrogens with zero attached hydrogens (tertiary/aromatic N) is 4. The van der Waals surface area contributed by atoms with E-state index in [0.717, 1.165) is 41.8 Å². The van der Waals surface area contributed by atoms with Crippen LogP contribution in [0.25, 0.3) is 11.3 Å². The molecule has 3 rings (SSSR count). The fourth-order valence-corrected chi connectivity index (χ4v) is 3.84. The molecule has 0 atom stereocenters. The molecule has 0 aliphatic carbocycles. The average Bonchev–Trinajstić information content (AvgIpc) is 3.01. The Morgan fingerprint density at radius 3 is 2.67 bits per heavy atom. The van der Waals surface area contributed by atoms with Crippen molar-refractivity contribution < 1.29 is 4.39 Å². The summed E-state index contributed by atoms with van der Waals surface area (Å²) < 4.78 is 14.0. The lowest BCUT2D eigenvalue weighted by atomic mass is 10.1. The molecule has 24 heavy (non-hydrogen) atoms. The van der Waals surface area contributed by atoms with Crippen LogP contribution < -0.4 is 15.5 Å². The molecule has 0 bridgehead atoms. The molecule has 2 aromatic rings. The standard InChI is InChI=1S/C17H20FN5S/c1-22(2)16-15(11-3-4-12(10-19)14(18)9-11)21-17(24-16)23-7-5-13(20)6-8-23/h3-4,9,13H,5-8,20H2,1-2H3. The number of anilines is 2. The first-order valence-corrected chi connectivity index (χ1v) is 8.70. The van der Waals surface area contributed by atoms with Gasteiger partial charge in [0.05, 0.1) is 5.56 Å². The molecule has 1 aliphatic rings. The first kappa shape index (κ1) is 16.7. The zero-order chi connectivity index (χ0) is 17.3. The molecule has 1 aliphatic heterocycles. The molecule has 1 aromatic heterocycles. The summed E-state index contributed by atoms with van der Waals surface area (Å²) in [5.41, 5.74) is 7.46. The van der Waals surface area contributed by atoms with E-state index >= 15 is 0 Å². The molecule has 7 heteroatoms. The monoisotopic (exact) mass is 345 g/mol. The van der Waals surface area contributed by atoms with Gasteiger partial charge in [0.2, 0.25) is 0 Å². The van der Waals surface area contributed by atoms with Crippen LogP contribution in [0.2, 0.25) is 0 Å². The molecule has 2 N–H and O–H groups in total. The third-order valence-electron chi connectivity index (χ3n) is 4.18. The van der Waals surface area contributed by atoms with Crippen molar-refractivity contribution >= 4 is 21.5 Å². The highest BCUT2D eigenvalue weighted by molar-refractivity contribution is 7.20. The first-order valence-electron chi connectivity index (χ1n) is 7.88. The predicted molar refractivity (Wildman–Crippen MR) is 96.0 cm³/mol. The van der Waals surface area contributed by atoms with E-state index in [-0.39, 0.29) is 11.6 Å². The Bertz CT molecular complexity index is 772. The fourth-order valence-electron chi connectivity index (χ4n) is 2.77. The van der Waals surface area contributed by atoms with Gasteiger partial charge in [-0.05, 0) is 25.0 Å². The highest BCUT2D eigenvalue weighted by Crippen LogP contribution is 2.40. The van der Waals surface area contributed by atoms with Gasteiger partial charge in [-0.2, -0.15) is 5.26 Å². The van der Waals surface area contributed by atoms with E-state index in [1.54, 1.807) is 17.4 Å². The predicted octanol–water partition coefficient (Wildman–Crippen LogP) is 2.81. The Morgan fingerprint density at radius 2 is 2.08 bits per heavy atom. The number of hydrogen-bond donors (Lipinski definition) is 1. The molecular weight excluding hydrogens is 325 g/mol. The van der Waals surface area contributed by atoms with Crippen molar-refractivity contribution in [3.8, 4) is 17.3 Å². The Labute approximate surface area is 145 Å². The van der Waals surface area contributed by atoms with Gasteiger partial charge in [0.15, 0.2) is 5.13 Å². The molecule has 0 spiro atoms. The number of aromatic nitrogens is 1. The van der Waals surface area contributed by atoms with Crippen LogP contribution in [-0.2, 0) is 0 Å². The Balaban J connectivity index is 1.98. The van der Waals surface area contributed by atoms with Gasteiger partial charge in [-0.25, -0.2) is 9.37 Å². The summed E-state index contributed by atoms with van der Waals surface area (Å²) in [6.07, 6.45) is 1.91. The van der Waals surface area contributed by atoms with Gasteiger partial charge in [-0.1, -0.05) is 17.4 Å². The van der Waals surface area contributed by atoms with Crippen LogP contribution in [-0.4, -0.2) is 38.2 Å². The van der Waals surface area contributed by atoms with Crippen molar-refractivity contribution in [3.63, 3.8) is 0 Å². The maximum Gasteiger partial charge on any atom is 0.187 e. The number of thiazole rings is 1. The number of nitriles is 1. The summed E-state index contributed by atoms with van der Waals surface area (Å²) in [5.74, 6) is -0.516. The van der Waals surface area contributed by atoms with Crippen LogP contribution >= 0.6 is 11.3 Å². The fraction of sp³-hybridized carbons (Fsp3) is 0.412. The summed E-state index contributed by atoms with van der Waals surface area (Å²) >= 11 is 1.60. The van der Waals surface area contributed by atoms with E-state index < -0.39 is 5.82 Å². The van der Waals surface area contributed by atoms with Gasteiger partial charge in [0, 0.05) is 38.8 Å². The van der Waals surface area contributed by atoms with Crippen LogP contribution in [0, 0.1) is 17.1 Å². The molecule has 2 heterocycles. The van der Waals surface area contributed by atoms with Crippen molar-refractivity contribution in [2.45, 2.75) is 18.9 Å². The van der Waals surface area contributed by atoms with E-state index in [0.29, 0.717) is 5.56 Å². The molecule has 126 valence electrons. The number of nitrogens with two attached hydrogens (primary N) is 1. The molecule has 0 unspecified atom stereocenters. The number of rotatable bonds is 3. The van der Waals surface area contributed by atoms with Crippen molar-refractivity contribution in [2.24, 2.45) is 5.73 Å². The average molecular weight is 345 g/mol. The first-order chi connectivity index (χ1) is 11.5. The van der Waals surface area contributed by atoms with Crippen molar-refractivity contribution in [1.82, 2.24) is 4.98 Å². The van der Waals surface area contributed by atoms with Gasteiger partial charge in [0.1, 0.15) is 22.6 Å². The van der Waals surface area contributed by atoms with Gasteiger partial charge in [-0.3, -0.25) is 0 Å². The van der Waals surface area contributed by atoms with Gasteiger partial charge in [0.25, 0.3) is 0 Å². The summed E-state index contributed by atoms with van der Waals surface area (Å²) in [4.78, 5) is 8.99. The van der Waals surface area contributed by atoms with Crippen LogP contribution in [0.3, 0.4) is 0 Å². The maximum absolute atomic E-state index is 14.0. The summed E-state index contributed by atoms with van der Waals surface area (Å²) in [7, 11) is 3.90. The van der Waals surface area contributed by atoms with E-state index in [9.17, 15) is 4.39 Å². The van der Waals surface area contributed by atoms with Crippen molar-refractivity contribution in [3.05, 3.63) is 29.6 Å². The highest BCUT2D eigenvalue weighted by Gasteiger charge is 2.23. The second kappa shape index (κ2) is 6.75. The van der Waals surface area contributed by atoms with E-state index in [1.165, 1.54) is 12.1 Å². The van der Waals surface area contributed by atoms with E-state index in [1.807, 2.05) is 25.1 Å². The highest BCUT2D eigenvalue weighted by atomic mass is 32.1. The van der Waals surface area contributed by atoms with E-state index in [2.05, 4.69) is 4.90 Å². The Morgan fingerprint density at radius 1 is 1.38 bits per heavy atom. The van der Waals surface area contributed by atoms with Crippen LogP contribution in [0.4, 0.5) is 14.5 Å². The van der Waals surface area contributed by atoms with Crippen LogP contribution in [0.5, 0.6) is 0 Å². The molecule has 0 radical (unpaired) electrons. The summed E-state index contributed by atoms with van der Waals surface area (Å²) in [5, 5.41) is 10.8. The molecule has 0 amide bonds. The summed E-state index contributed by atoms with van der Waals surface area (Å²) in [6, 6.07) is 6.75. The largest absolute Gasteiger partial charge is 0.368 e. The lowest BCUT2D eigenvalue weighted by Gasteiger charge is -2.29. The Hall–Kier alpha value is -2.17. The Kier molecular flexibility index (Phi) is 4.69. The minimum Gasteiger partial charge on any atom is -0.368 e. The molecule has 0 saturated carbocycles. The third kappa shape index (κ3) is 3.21. The SMILES string of the molecule is CN(C)c1sc(N2CCC(N)CC2)nc1-c1ccc(C#N)c(F)c1. The number of halogens is 1. The molecule has 1 fully saturated rings. The number of hydrogen-bond acceptors (Lipinski definition) is 6. The minimum atomic E-state index is -0.516. The lowest BCUT2D eigenvalue weighted by Crippen LogP contribution is -2.39. The molecule has 1 saturated heterocycles. The minimum absolute atomic E-state index is 0.0469. The normalized spacial score (nSPS) is 15.4. The van der Waals surface area contributed by atoms with E-state index in [4.69, 9.17) is 16.0 Å². The smallest absolute Gasteiger partial charge is 0.187 e. The molecule has 5 nitrogen and oxygen atoms in total. The second-order valence-corrected chi connectivity index (χ2v) is 7.13. The maximum atomic E-state index is 14.0. The lowest BCUT2D eigenvalue weighted by molar-refractivity contribution is 0.501. The van der Waals surface area contributed by atoms with Crippen molar-refractivity contribution in [2.75, 3.05) is 37.0 Å². The third-order valence-corrected chi connectivity index (χ3v) is 5.46. The number of benzene rings is 1. The summed E-state index contributed by atoms with van der Waals surface area (Å²) in [6.45, 7) is 1.78. The van der Waals surface area contributed by atoms with Crippen molar-refractivity contribution in [1.29, 1.82) is 5.26 Å². The zero-order valence-corrected chi connectivity index (χ0v) is 14.6. The molecule has 1 aromatic carbocycles. The second-order valence-electron chi connectivity index (χ2n) is 6.18. The topological polar surface area (TPSA) is 69.2 Å². The van der Waals surface area contributed by atoms with Crippen LogP contribution in [0.15, 0.2) is 18.2 Å². The zero-order valence-electron chi connectivity index (χ0n) is 13.8. The van der Waals surface area contributed by atoms with Gasteiger partial charge in [-0.15, -0.1) is 0 Å². The van der Waals surface area contributed by atoms with Gasteiger partial charge < -0.3 is 15.5 Å².